The summed E-state index contributed by atoms with van der Waals surface area (Å²) in [5.74, 6) is 0.705. The molecule has 106 valence electrons. The Kier molecular flexibility index (Phi) is 6.09. The van der Waals surface area contributed by atoms with Crippen molar-refractivity contribution in [1.29, 1.82) is 0 Å². The predicted octanol–water partition coefficient (Wildman–Crippen LogP) is 1.52. The van der Waals surface area contributed by atoms with E-state index in [0.717, 1.165) is 25.9 Å². The molecule has 1 rings (SSSR count). The van der Waals surface area contributed by atoms with Crippen LogP contribution in [0.25, 0.3) is 0 Å². The van der Waals surface area contributed by atoms with Gasteiger partial charge in [-0.2, -0.15) is 0 Å². The van der Waals surface area contributed by atoms with Gasteiger partial charge >= 0.3 is 0 Å². The van der Waals surface area contributed by atoms with E-state index in [1.165, 1.54) is 0 Å². The molecule has 3 atom stereocenters. The van der Waals surface area contributed by atoms with Gasteiger partial charge < -0.3 is 9.80 Å². The van der Waals surface area contributed by atoms with E-state index in [0.29, 0.717) is 18.6 Å². The van der Waals surface area contributed by atoms with Crippen LogP contribution < -0.4 is 5.32 Å². The SMILES string of the molecule is CCC(C)C1NCN(CCN(C)C(C)CC)C1=O. The highest BCUT2D eigenvalue weighted by molar-refractivity contribution is 5.84. The summed E-state index contributed by atoms with van der Waals surface area (Å²) >= 11 is 0. The first-order valence-corrected chi connectivity index (χ1v) is 7.23. The largest absolute Gasteiger partial charge is 0.327 e. The zero-order valence-electron chi connectivity index (χ0n) is 12.6. The second-order valence-electron chi connectivity index (χ2n) is 5.56. The van der Waals surface area contributed by atoms with Gasteiger partial charge in [0.05, 0.1) is 12.7 Å². The lowest BCUT2D eigenvalue weighted by Gasteiger charge is -2.26. The van der Waals surface area contributed by atoms with Crippen LogP contribution in [0.2, 0.25) is 0 Å². The molecular formula is C14H29N3O. The molecule has 0 aromatic rings. The van der Waals surface area contributed by atoms with E-state index >= 15 is 0 Å². The summed E-state index contributed by atoms with van der Waals surface area (Å²) in [6, 6.07) is 0.616. The third-order valence-electron chi connectivity index (χ3n) is 4.36. The van der Waals surface area contributed by atoms with Crippen molar-refractivity contribution in [1.82, 2.24) is 15.1 Å². The number of amides is 1. The minimum absolute atomic E-state index is 0.0314. The Bertz CT molecular complexity index is 270. The summed E-state index contributed by atoms with van der Waals surface area (Å²) in [5.41, 5.74) is 0. The average molecular weight is 255 g/mol. The molecule has 0 spiro atoms. The zero-order chi connectivity index (χ0) is 13.7. The summed E-state index contributed by atoms with van der Waals surface area (Å²) in [4.78, 5) is 16.5. The van der Waals surface area contributed by atoms with Crippen LogP contribution in [-0.4, -0.2) is 54.6 Å². The molecule has 1 aliphatic heterocycles. The molecule has 1 saturated heterocycles. The second kappa shape index (κ2) is 7.10. The first kappa shape index (κ1) is 15.4. The molecule has 18 heavy (non-hydrogen) atoms. The van der Waals surface area contributed by atoms with Gasteiger partial charge in [0.15, 0.2) is 0 Å². The number of hydrogen-bond acceptors (Lipinski definition) is 3. The van der Waals surface area contributed by atoms with Gasteiger partial charge in [0.1, 0.15) is 0 Å². The molecule has 1 amide bonds. The summed E-state index contributed by atoms with van der Waals surface area (Å²) in [5, 5.41) is 3.33. The lowest BCUT2D eigenvalue weighted by molar-refractivity contribution is -0.130. The van der Waals surface area contributed by atoms with Crippen LogP contribution in [0.4, 0.5) is 0 Å². The number of hydrogen-bond donors (Lipinski definition) is 1. The van der Waals surface area contributed by atoms with E-state index in [4.69, 9.17) is 0 Å². The van der Waals surface area contributed by atoms with E-state index in [-0.39, 0.29) is 11.9 Å². The smallest absolute Gasteiger partial charge is 0.241 e. The third kappa shape index (κ3) is 3.69. The molecule has 0 saturated carbocycles. The predicted molar refractivity (Wildman–Crippen MR) is 75.3 cm³/mol. The summed E-state index contributed by atoms with van der Waals surface area (Å²) < 4.78 is 0. The molecule has 4 nitrogen and oxygen atoms in total. The quantitative estimate of drug-likeness (QED) is 0.749. The van der Waals surface area contributed by atoms with Gasteiger partial charge in [-0.15, -0.1) is 0 Å². The van der Waals surface area contributed by atoms with Gasteiger partial charge in [-0.05, 0) is 26.3 Å². The first-order valence-electron chi connectivity index (χ1n) is 7.23. The number of nitrogens with one attached hydrogen (secondary N) is 1. The van der Waals surface area contributed by atoms with Crippen molar-refractivity contribution >= 4 is 5.91 Å². The van der Waals surface area contributed by atoms with Crippen LogP contribution in [0.15, 0.2) is 0 Å². The van der Waals surface area contributed by atoms with Crippen LogP contribution in [0.3, 0.4) is 0 Å². The van der Waals surface area contributed by atoms with Crippen molar-refractivity contribution in [2.75, 3.05) is 26.8 Å². The standard InChI is InChI=1S/C14H29N3O/c1-6-11(3)13-14(18)17(10-15-13)9-8-16(5)12(4)7-2/h11-13,15H,6-10H2,1-5H3. The molecular weight excluding hydrogens is 226 g/mol. The maximum atomic E-state index is 12.2. The highest BCUT2D eigenvalue weighted by Crippen LogP contribution is 2.15. The molecule has 0 aliphatic carbocycles. The van der Waals surface area contributed by atoms with Crippen LogP contribution in [0.5, 0.6) is 0 Å². The van der Waals surface area contributed by atoms with Crippen molar-refractivity contribution in [3.8, 4) is 0 Å². The van der Waals surface area contributed by atoms with E-state index in [1.807, 2.05) is 4.90 Å². The summed E-state index contributed by atoms with van der Waals surface area (Å²) in [6.07, 6.45) is 2.20. The Balaban J connectivity index is 2.39. The third-order valence-corrected chi connectivity index (χ3v) is 4.36. The van der Waals surface area contributed by atoms with E-state index in [9.17, 15) is 4.79 Å². The Labute approximate surface area is 112 Å². The van der Waals surface area contributed by atoms with Crippen molar-refractivity contribution in [3.05, 3.63) is 0 Å². The van der Waals surface area contributed by atoms with E-state index in [2.05, 4.69) is 45.0 Å². The van der Waals surface area contributed by atoms with Crippen molar-refractivity contribution < 1.29 is 4.79 Å². The topological polar surface area (TPSA) is 35.6 Å². The van der Waals surface area contributed by atoms with Crippen LogP contribution in [0, 0.1) is 5.92 Å². The van der Waals surface area contributed by atoms with E-state index in [1.54, 1.807) is 0 Å². The highest BCUT2D eigenvalue weighted by atomic mass is 16.2. The van der Waals surface area contributed by atoms with Crippen molar-refractivity contribution in [3.63, 3.8) is 0 Å². The molecule has 4 heteroatoms. The average Bonchev–Trinajstić information content (AvgIpc) is 2.75. The number of carbonyl (C=O) groups excluding carboxylic acids is 1. The van der Waals surface area contributed by atoms with Gasteiger partial charge in [-0.3, -0.25) is 10.1 Å². The number of carbonyl (C=O) groups is 1. The summed E-state index contributed by atoms with van der Waals surface area (Å²) in [7, 11) is 2.13. The fourth-order valence-corrected chi connectivity index (χ4v) is 2.25. The normalized spacial score (nSPS) is 23.8. The van der Waals surface area contributed by atoms with E-state index < -0.39 is 0 Å². The number of nitrogens with zero attached hydrogens (tertiary/aromatic N) is 2. The molecule has 0 bridgehead atoms. The lowest BCUT2D eigenvalue weighted by Crippen LogP contribution is -2.40. The number of rotatable bonds is 7. The maximum absolute atomic E-state index is 12.2. The molecule has 1 aliphatic rings. The Hall–Kier alpha value is -0.610. The minimum atomic E-state index is 0.0314. The van der Waals surface area contributed by atoms with Gasteiger partial charge in [0, 0.05) is 19.1 Å². The molecule has 1 fully saturated rings. The van der Waals surface area contributed by atoms with Gasteiger partial charge in [0.2, 0.25) is 5.91 Å². The zero-order valence-corrected chi connectivity index (χ0v) is 12.6. The molecule has 0 aromatic carbocycles. The monoisotopic (exact) mass is 255 g/mol. The van der Waals surface area contributed by atoms with Crippen LogP contribution in [0.1, 0.15) is 40.5 Å². The fraction of sp³-hybridized carbons (Fsp3) is 0.929. The van der Waals surface area contributed by atoms with Gasteiger partial charge in [-0.25, -0.2) is 0 Å². The fourth-order valence-electron chi connectivity index (χ4n) is 2.25. The molecule has 3 unspecified atom stereocenters. The second-order valence-corrected chi connectivity index (χ2v) is 5.56. The molecule has 0 aromatic heterocycles. The van der Waals surface area contributed by atoms with Gasteiger partial charge in [-0.1, -0.05) is 27.2 Å². The maximum Gasteiger partial charge on any atom is 0.241 e. The lowest BCUT2D eigenvalue weighted by atomic mass is 9.99. The molecule has 1 N–H and O–H groups in total. The Morgan fingerprint density at radius 1 is 1.39 bits per heavy atom. The Morgan fingerprint density at radius 2 is 2.06 bits per heavy atom. The Morgan fingerprint density at radius 3 is 2.61 bits per heavy atom. The van der Waals surface area contributed by atoms with Crippen LogP contribution >= 0.6 is 0 Å². The minimum Gasteiger partial charge on any atom is -0.327 e. The number of likely N-dealkylation sites (N-methyl/N-ethyl adjacent to an activating group) is 1. The summed E-state index contributed by atoms with van der Waals surface area (Å²) in [6.45, 7) is 11.2. The first-order chi connectivity index (χ1) is 8.51. The molecule has 1 heterocycles. The highest BCUT2D eigenvalue weighted by Gasteiger charge is 2.33. The van der Waals surface area contributed by atoms with Gasteiger partial charge in [0.25, 0.3) is 0 Å². The van der Waals surface area contributed by atoms with Crippen molar-refractivity contribution in [2.24, 2.45) is 5.92 Å². The van der Waals surface area contributed by atoms with Crippen molar-refractivity contribution in [2.45, 2.75) is 52.6 Å². The van der Waals surface area contributed by atoms with Crippen LogP contribution in [-0.2, 0) is 4.79 Å². The molecule has 0 radical (unpaired) electrons.